The standard InChI is InChI=1S/C36H24N2O4S4/c39-31(25-13-5-1-6-14-25)37(32(40)26-15-7-2-8-16-26)29-21-23-43-35(29)45-46-36-30(22-24-44-36)38(33(41)27-17-9-3-10-18-27)34(42)28-19-11-4-12-20-28/h1-24H. The quantitative estimate of drug-likeness (QED) is 0.112. The van der Waals surface area contributed by atoms with E-state index >= 15 is 0 Å². The second-order valence-corrected chi connectivity index (χ2v) is 14.2. The molecule has 0 aliphatic carbocycles. The molecule has 0 saturated heterocycles. The molecule has 10 heteroatoms. The first-order valence-corrected chi connectivity index (χ1v) is 17.9. The molecule has 4 aromatic carbocycles. The Morgan fingerprint density at radius 1 is 0.391 bits per heavy atom. The van der Waals surface area contributed by atoms with Gasteiger partial charge >= 0.3 is 0 Å². The lowest BCUT2D eigenvalue weighted by atomic mass is 10.1. The number of carbonyl (C=O) groups excluding carboxylic acids is 4. The van der Waals surface area contributed by atoms with Crippen molar-refractivity contribution in [3.05, 3.63) is 166 Å². The zero-order valence-electron chi connectivity index (χ0n) is 24.0. The molecule has 0 saturated carbocycles. The fourth-order valence-electron chi connectivity index (χ4n) is 4.57. The first kappa shape index (κ1) is 31.3. The van der Waals surface area contributed by atoms with Crippen LogP contribution in [0.1, 0.15) is 41.4 Å². The van der Waals surface area contributed by atoms with Gasteiger partial charge in [0.2, 0.25) is 0 Å². The molecule has 2 heterocycles. The number of rotatable bonds is 9. The summed E-state index contributed by atoms with van der Waals surface area (Å²) in [5.74, 6) is -1.76. The fourth-order valence-corrected chi connectivity index (χ4v) is 9.35. The summed E-state index contributed by atoms with van der Waals surface area (Å²) < 4.78 is 1.43. The topological polar surface area (TPSA) is 74.8 Å². The third-order valence-electron chi connectivity index (χ3n) is 6.79. The molecule has 0 fully saturated rings. The molecule has 2 aromatic heterocycles. The van der Waals surface area contributed by atoms with Crippen LogP contribution in [0.2, 0.25) is 0 Å². The summed E-state index contributed by atoms with van der Waals surface area (Å²) in [5.41, 5.74) is 2.46. The molecule has 0 spiro atoms. The van der Waals surface area contributed by atoms with E-state index < -0.39 is 23.6 Å². The highest BCUT2D eigenvalue weighted by Crippen LogP contribution is 2.50. The summed E-state index contributed by atoms with van der Waals surface area (Å²) in [4.78, 5) is 57.7. The van der Waals surface area contributed by atoms with Crippen LogP contribution < -0.4 is 9.80 Å². The highest BCUT2D eigenvalue weighted by Gasteiger charge is 2.31. The lowest BCUT2D eigenvalue weighted by Crippen LogP contribution is -2.37. The zero-order valence-corrected chi connectivity index (χ0v) is 27.3. The van der Waals surface area contributed by atoms with Crippen molar-refractivity contribution < 1.29 is 19.2 Å². The number of thiophene rings is 2. The molecular weight excluding hydrogens is 653 g/mol. The maximum atomic E-state index is 13.8. The van der Waals surface area contributed by atoms with E-state index in [4.69, 9.17) is 0 Å². The van der Waals surface area contributed by atoms with E-state index in [0.717, 1.165) is 0 Å². The van der Waals surface area contributed by atoms with E-state index in [1.807, 2.05) is 35.0 Å². The predicted octanol–water partition coefficient (Wildman–Crippen LogP) is 9.58. The van der Waals surface area contributed by atoms with Gasteiger partial charge in [-0.25, -0.2) is 9.80 Å². The molecule has 0 N–H and O–H groups in total. The second-order valence-electron chi connectivity index (χ2n) is 9.71. The number of anilines is 2. The number of carbonyl (C=O) groups is 4. The summed E-state index contributed by atoms with van der Waals surface area (Å²) in [7, 11) is 2.72. The first-order valence-electron chi connectivity index (χ1n) is 14.0. The Bertz CT molecular complexity index is 1730. The Labute approximate surface area is 281 Å². The minimum Gasteiger partial charge on any atom is -0.268 e. The molecule has 0 unspecified atom stereocenters. The van der Waals surface area contributed by atoms with E-state index in [1.54, 1.807) is 109 Å². The van der Waals surface area contributed by atoms with Crippen molar-refractivity contribution in [2.45, 2.75) is 8.42 Å². The van der Waals surface area contributed by atoms with Gasteiger partial charge in [0, 0.05) is 22.3 Å². The van der Waals surface area contributed by atoms with Gasteiger partial charge in [-0.1, -0.05) is 72.8 Å². The lowest BCUT2D eigenvalue weighted by Gasteiger charge is -2.22. The summed E-state index contributed by atoms with van der Waals surface area (Å²) in [6.07, 6.45) is 0. The molecule has 226 valence electrons. The minimum atomic E-state index is -0.440. The molecule has 6 rings (SSSR count). The van der Waals surface area contributed by atoms with Crippen molar-refractivity contribution in [3.8, 4) is 0 Å². The molecule has 0 atom stereocenters. The Morgan fingerprint density at radius 2 is 0.652 bits per heavy atom. The predicted molar refractivity (Wildman–Crippen MR) is 188 cm³/mol. The van der Waals surface area contributed by atoms with Crippen molar-refractivity contribution in [2.75, 3.05) is 9.80 Å². The number of hydrogen-bond donors (Lipinski definition) is 0. The van der Waals surface area contributed by atoms with E-state index in [0.29, 0.717) is 42.0 Å². The Kier molecular flexibility index (Phi) is 9.90. The smallest absolute Gasteiger partial charge is 0.265 e. The van der Waals surface area contributed by atoms with Crippen molar-refractivity contribution in [1.82, 2.24) is 0 Å². The van der Waals surface area contributed by atoms with Gasteiger partial charge in [0.15, 0.2) is 0 Å². The first-order chi connectivity index (χ1) is 22.5. The van der Waals surface area contributed by atoms with E-state index in [2.05, 4.69) is 0 Å². The monoisotopic (exact) mass is 676 g/mol. The normalized spacial score (nSPS) is 10.7. The Morgan fingerprint density at radius 3 is 0.913 bits per heavy atom. The second kappa shape index (κ2) is 14.6. The highest BCUT2D eigenvalue weighted by molar-refractivity contribution is 8.77. The molecule has 0 aliphatic rings. The summed E-state index contributed by atoms with van der Waals surface area (Å²) in [5, 5.41) is 3.67. The van der Waals surface area contributed by atoms with Crippen LogP contribution >= 0.6 is 44.3 Å². The van der Waals surface area contributed by atoms with Gasteiger partial charge in [-0.15, -0.1) is 22.7 Å². The Hall–Kier alpha value is -4.74. The molecular formula is C36H24N2O4S4. The fraction of sp³-hybridized carbons (Fsp3) is 0. The highest BCUT2D eigenvalue weighted by atomic mass is 33.1. The number of nitrogens with zero attached hydrogens (tertiary/aromatic N) is 2. The van der Waals surface area contributed by atoms with E-state index in [9.17, 15) is 19.2 Å². The number of imide groups is 2. The van der Waals surface area contributed by atoms with Gasteiger partial charge in [-0.05, 0) is 93.0 Å². The van der Waals surface area contributed by atoms with Gasteiger partial charge in [-0.2, -0.15) is 0 Å². The molecule has 6 nitrogen and oxygen atoms in total. The van der Waals surface area contributed by atoms with Gasteiger partial charge in [0.25, 0.3) is 23.6 Å². The van der Waals surface area contributed by atoms with Crippen LogP contribution in [0.5, 0.6) is 0 Å². The molecule has 46 heavy (non-hydrogen) atoms. The molecule has 0 radical (unpaired) electrons. The molecule has 4 amide bonds. The third-order valence-corrected chi connectivity index (χ3v) is 11.9. The number of amides is 4. The van der Waals surface area contributed by atoms with Crippen LogP contribution in [0.15, 0.2) is 153 Å². The van der Waals surface area contributed by atoms with Crippen LogP contribution in [0, 0.1) is 0 Å². The van der Waals surface area contributed by atoms with Crippen molar-refractivity contribution in [3.63, 3.8) is 0 Å². The molecule has 0 aliphatic heterocycles. The van der Waals surface area contributed by atoms with Crippen LogP contribution in [0.4, 0.5) is 11.4 Å². The Balaban J connectivity index is 1.33. The summed E-state index contributed by atoms with van der Waals surface area (Å²) in [6, 6.07) is 38.3. The van der Waals surface area contributed by atoms with Crippen LogP contribution in [0.25, 0.3) is 0 Å². The van der Waals surface area contributed by atoms with Crippen molar-refractivity contribution >= 4 is 79.3 Å². The van der Waals surface area contributed by atoms with Gasteiger partial charge < -0.3 is 0 Å². The van der Waals surface area contributed by atoms with Crippen molar-refractivity contribution in [1.29, 1.82) is 0 Å². The number of hydrogen-bond acceptors (Lipinski definition) is 8. The third kappa shape index (κ3) is 6.75. The number of benzene rings is 4. The average molecular weight is 677 g/mol. The lowest BCUT2D eigenvalue weighted by molar-refractivity contribution is 0.0881. The zero-order chi connectivity index (χ0) is 31.9. The van der Waals surface area contributed by atoms with Gasteiger partial charge in [-0.3, -0.25) is 19.2 Å². The van der Waals surface area contributed by atoms with Crippen LogP contribution in [-0.2, 0) is 0 Å². The van der Waals surface area contributed by atoms with Crippen LogP contribution in [0.3, 0.4) is 0 Å². The minimum absolute atomic E-state index is 0.386. The largest absolute Gasteiger partial charge is 0.268 e. The van der Waals surface area contributed by atoms with Crippen molar-refractivity contribution in [2.24, 2.45) is 0 Å². The van der Waals surface area contributed by atoms with E-state index in [1.165, 1.54) is 54.1 Å². The maximum absolute atomic E-state index is 13.8. The SMILES string of the molecule is O=C(c1ccccc1)N(C(=O)c1ccccc1)c1ccsc1SSc1sccc1N(C(=O)c1ccccc1)C(=O)c1ccccc1. The van der Waals surface area contributed by atoms with Crippen LogP contribution in [-0.4, -0.2) is 23.6 Å². The van der Waals surface area contributed by atoms with Gasteiger partial charge in [0.05, 0.1) is 19.8 Å². The molecule has 6 aromatic rings. The molecule has 0 bridgehead atoms. The maximum Gasteiger partial charge on any atom is 0.265 e. The van der Waals surface area contributed by atoms with Gasteiger partial charge in [0.1, 0.15) is 0 Å². The summed E-state index contributed by atoms with van der Waals surface area (Å²) in [6.45, 7) is 0. The average Bonchev–Trinajstić information content (AvgIpc) is 3.78. The van der Waals surface area contributed by atoms with E-state index in [-0.39, 0.29) is 0 Å². The summed E-state index contributed by atoms with van der Waals surface area (Å²) >= 11 is 2.80.